The first-order valence-corrected chi connectivity index (χ1v) is 9.14. The Morgan fingerprint density at radius 1 is 1.19 bits per heavy atom. The molecule has 0 amide bonds. The van der Waals surface area contributed by atoms with Crippen molar-refractivity contribution in [3.63, 3.8) is 0 Å². The summed E-state index contributed by atoms with van der Waals surface area (Å²) in [5, 5.41) is 10.5. The van der Waals surface area contributed by atoms with E-state index in [0.717, 1.165) is 24.4 Å². The summed E-state index contributed by atoms with van der Waals surface area (Å²) in [5.74, 6) is 1.51. The van der Waals surface area contributed by atoms with Crippen LogP contribution in [0.15, 0.2) is 36.1 Å². The second kappa shape index (κ2) is 7.84. The lowest BCUT2D eigenvalue weighted by Gasteiger charge is -2.20. The number of carbonyl (C=O) groups is 1. The van der Waals surface area contributed by atoms with Crippen LogP contribution < -0.4 is 9.47 Å². The van der Waals surface area contributed by atoms with Crippen molar-refractivity contribution in [3.05, 3.63) is 58.3 Å². The molecule has 1 aliphatic rings. The lowest BCUT2D eigenvalue weighted by Crippen LogP contribution is -2.22. The average Bonchev–Trinajstić information content (AvgIpc) is 2.99. The molecule has 1 heterocycles. The second-order valence-corrected chi connectivity index (χ2v) is 6.57. The van der Waals surface area contributed by atoms with Crippen LogP contribution in [0.4, 0.5) is 0 Å². The van der Waals surface area contributed by atoms with E-state index < -0.39 is 0 Å². The largest absolute Gasteiger partial charge is 0.507 e. The van der Waals surface area contributed by atoms with Gasteiger partial charge in [0.05, 0.1) is 18.2 Å². The van der Waals surface area contributed by atoms with Gasteiger partial charge in [-0.25, -0.2) is 0 Å². The molecule has 5 heteroatoms. The molecule has 142 valence electrons. The maximum absolute atomic E-state index is 12.9. The van der Waals surface area contributed by atoms with Crippen LogP contribution in [0.3, 0.4) is 0 Å². The average molecular weight is 367 g/mol. The third-order valence-corrected chi connectivity index (χ3v) is 4.91. The zero-order valence-electron chi connectivity index (χ0n) is 16.2. The van der Waals surface area contributed by atoms with E-state index in [0.29, 0.717) is 29.0 Å². The van der Waals surface area contributed by atoms with Crippen LogP contribution in [-0.2, 0) is 6.54 Å². The Morgan fingerprint density at radius 2 is 1.85 bits per heavy atom. The summed E-state index contributed by atoms with van der Waals surface area (Å²) >= 11 is 0. The molecule has 0 aromatic heterocycles. The van der Waals surface area contributed by atoms with Gasteiger partial charge in [0, 0.05) is 6.54 Å². The Hall–Kier alpha value is -2.79. The minimum Gasteiger partial charge on any atom is -0.507 e. The van der Waals surface area contributed by atoms with Crippen LogP contribution in [0.5, 0.6) is 17.2 Å². The Bertz CT molecular complexity index is 880. The van der Waals surface area contributed by atoms with E-state index >= 15 is 0 Å². The van der Waals surface area contributed by atoms with Crippen LogP contribution in [-0.4, -0.2) is 36.0 Å². The first kappa shape index (κ1) is 19.0. The summed E-state index contributed by atoms with van der Waals surface area (Å²) in [6, 6.07) is 9.05. The van der Waals surface area contributed by atoms with Crippen molar-refractivity contribution >= 4 is 11.9 Å². The van der Waals surface area contributed by atoms with Gasteiger partial charge in [0.1, 0.15) is 17.2 Å². The number of carbonyl (C=O) groups excluding carboxylic acids is 1. The maximum atomic E-state index is 12.9. The number of methoxy groups -OCH3 is 1. The lowest BCUT2D eigenvalue weighted by atomic mass is 9.99. The number of benzene rings is 2. The molecule has 0 bridgehead atoms. The molecule has 27 heavy (non-hydrogen) atoms. The van der Waals surface area contributed by atoms with Crippen LogP contribution in [0.1, 0.15) is 40.9 Å². The summed E-state index contributed by atoms with van der Waals surface area (Å²) in [5.41, 5.74) is 2.76. The van der Waals surface area contributed by atoms with E-state index in [2.05, 4.69) is 18.7 Å². The molecule has 2 aromatic rings. The van der Waals surface area contributed by atoms with Crippen molar-refractivity contribution in [2.75, 3.05) is 20.2 Å². The van der Waals surface area contributed by atoms with Crippen LogP contribution in [0, 0.1) is 6.92 Å². The molecule has 0 aliphatic carbocycles. The minimum absolute atomic E-state index is 0.154. The number of aryl methyl sites for hydroxylation is 1. The molecule has 1 aliphatic heterocycles. The molecule has 0 saturated heterocycles. The first-order valence-electron chi connectivity index (χ1n) is 9.14. The van der Waals surface area contributed by atoms with Crippen molar-refractivity contribution in [2.24, 2.45) is 0 Å². The van der Waals surface area contributed by atoms with Gasteiger partial charge in [-0.05, 0) is 55.4 Å². The van der Waals surface area contributed by atoms with Crippen molar-refractivity contribution in [1.82, 2.24) is 4.90 Å². The van der Waals surface area contributed by atoms with Gasteiger partial charge in [0.15, 0.2) is 5.76 Å². The van der Waals surface area contributed by atoms with Crippen molar-refractivity contribution < 1.29 is 19.4 Å². The van der Waals surface area contributed by atoms with Gasteiger partial charge in [-0.2, -0.15) is 0 Å². The van der Waals surface area contributed by atoms with Crippen LogP contribution in [0.25, 0.3) is 6.08 Å². The number of fused-ring (bicyclic) bond motifs is 1. The molecular weight excluding hydrogens is 342 g/mol. The van der Waals surface area contributed by atoms with Crippen molar-refractivity contribution in [1.29, 1.82) is 0 Å². The molecular formula is C22H25NO4. The van der Waals surface area contributed by atoms with E-state index in [-0.39, 0.29) is 17.3 Å². The number of hydrogen-bond donors (Lipinski definition) is 1. The minimum atomic E-state index is -0.154. The third-order valence-electron chi connectivity index (χ3n) is 4.91. The number of rotatable bonds is 6. The number of phenols is 1. The van der Waals surface area contributed by atoms with Gasteiger partial charge in [0.2, 0.25) is 5.78 Å². The summed E-state index contributed by atoms with van der Waals surface area (Å²) in [4.78, 5) is 15.1. The fourth-order valence-corrected chi connectivity index (χ4v) is 3.26. The van der Waals surface area contributed by atoms with Gasteiger partial charge in [-0.1, -0.05) is 26.0 Å². The number of aromatic hydroxyl groups is 1. The van der Waals surface area contributed by atoms with Gasteiger partial charge in [0.25, 0.3) is 0 Å². The highest BCUT2D eigenvalue weighted by Crippen LogP contribution is 2.42. The molecule has 3 rings (SSSR count). The molecule has 0 saturated carbocycles. The quantitative estimate of drug-likeness (QED) is 0.777. The number of allylic oxidation sites excluding steroid dienone is 1. The molecule has 0 atom stereocenters. The summed E-state index contributed by atoms with van der Waals surface area (Å²) in [6.45, 7) is 8.18. The lowest BCUT2D eigenvalue weighted by molar-refractivity contribution is 0.101. The van der Waals surface area contributed by atoms with E-state index in [4.69, 9.17) is 9.47 Å². The predicted molar refractivity (Wildman–Crippen MR) is 105 cm³/mol. The zero-order valence-corrected chi connectivity index (χ0v) is 16.2. The number of nitrogens with zero attached hydrogens (tertiary/aromatic N) is 1. The number of ether oxygens (including phenoxy) is 2. The molecule has 0 radical (unpaired) electrons. The number of phenolic OH excluding ortho intramolecular Hbond substituents is 1. The van der Waals surface area contributed by atoms with E-state index in [1.54, 1.807) is 19.3 Å². The van der Waals surface area contributed by atoms with E-state index in [1.165, 1.54) is 0 Å². The topological polar surface area (TPSA) is 59.0 Å². The van der Waals surface area contributed by atoms with E-state index in [9.17, 15) is 9.90 Å². The summed E-state index contributed by atoms with van der Waals surface area (Å²) < 4.78 is 11.1. The second-order valence-electron chi connectivity index (χ2n) is 6.57. The van der Waals surface area contributed by atoms with Crippen LogP contribution >= 0.6 is 0 Å². The Labute approximate surface area is 159 Å². The summed E-state index contributed by atoms with van der Waals surface area (Å²) in [7, 11) is 1.61. The molecule has 5 nitrogen and oxygen atoms in total. The van der Waals surface area contributed by atoms with Gasteiger partial charge >= 0.3 is 0 Å². The molecule has 2 aromatic carbocycles. The SMILES string of the molecule is CCN(CC)Cc1c(O)cc(C)c2c1O/C(=C\c1ccc(OC)cc1)C2=O. The fraction of sp³-hybridized carbons (Fsp3) is 0.318. The summed E-state index contributed by atoms with van der Waals surface area (Å²) in [6.07, 6.45) is 1.72. The number of hydrogen-bond acceptors (Lipinski definition) is 5. The highest BCUT2D eigenvalue weighted by atomic mass is 16.5. The maximum Gasteiger partial charge on any atom is 0.232 e. The molecule has 0 spiro atoms. The number of Topliss-reactive ketones (excluding diaryl/α,β-unsaturated/α-hetero) is 1. The Balaban J connectivity index is 1.99. The Kier molecular flexibility index (Phi) is 5.51. The fourth-order valence-electron chi connectivity index (χ4n) is 3.26. The van der Waals surface area contributed by atoms with E-state index in [1.807, 2.05) is 31.2 Å². The monoisotopic (exact) mass is 367 g/mol. The van der Waals surface area contributed by atoms with Gasteiger partial charge in [-0.3, -0.25) is 9.69 Å². The predicted octanol–water partition coefficient (Wildman–Crippen LogP) is 4.17. The first-order chi connectivity index (χ1) is 13.0. The zero-order chi connectivity index (χ0) is 19.6. The van der Waals surface area contributed by atoms with Crippen molar-refractivity contribution in [3.8, 4) is 17.2 Å². The van der Waals surface area contributed by atoms with Crippen LogP contribution in [0.2, 0.25) is 0 Å². The standard InChI is InChI=1S/C22H25NO4/c1-5-23(6-2)13-17-18(24)11-14(3)20-21(25)19(27-22(17)20)12-15-7-9-16(26-4)10-8-15/h7-12,24H,5-6,13H2,1-4H3/b19-12-. The van der Waals surface area contributed by atoms with Crippen molar-refractivity contribution in [2.45, 2.75) is 27.3 Å². The smallest absolute Gasteiger partial charge is 0.232 e. The highest BCUT2D eigenvalue weighted by molar-refractivity contribution is 6.15. The molecule has 0 unspecified atom stereocenters. The van der Waals surface area contributed by atoms with Gasteiger partial charge < -0.3 is 14.6 Å². The number of ketones is 1. The highest BCUT2D eigenvalue weighted by Gasteiger charge is 2.33. The molecule has 0 fully saturated rings. The Morgan fingerprint density at radius 3 is 2.44 bits per heavy atom. The normalized spacial score (nSPS) is 14.6. The molecule has 1 N–H and O–H groups in total. The van der Waals surface area contributed by atoms with Gasteiger partial charge in [-0.15, -0.1) is 0 Å². The third kappa shape index (κ3) is 3.69.